The molecule has 3 aromatic rings. The minimum Gasteiger partial charge on any atom is -0.497 e. The second-order valence-electron chi connectivity index (χ2n) is 8.62. The van der Waals surface area contributed by atoms with Crippen LogP contribution in [0.1, 0.15) is 19.4 Å². The number of hydrogen-bond acceptors (Lipinski definition) is 6. The summed E-state index contributed by atoms with van der Waals surface area (Å²) in [5.74, 6) is 0.905. The normalized spacial score (nSPS) is 11.8. The smallest absolute Gasteiger partial charge is 0.244 e. The largest absolute Gasteiger partial charge is 0.497 e. The average molecular weight is 540 g/mol. The van der Waals surface area contributed by atoms with E-state index in [0.717, 1.165) is 16.1 Å². The van der Waals surface area contributed by atoms with Crippen LogP contribution in [0.25, 0.3) is 0 Å². The Hall–Kier alpha value is -4.05. The molecular formula is C28H33N3O6S. The predicted molar refractivity (Wildman–Crippen MR) is 147 cm³/mol. The molecule has 9 nitrogen and oxygen atoms in total. The summed E-state index contributed by atoms with van der Waals surface area (Å²) in [7, 11) is -2.29. The third-order valence-electron chi connectivity index (χ3n) is 5.79. The number of para-hydroxylation sites is 1. The van der Waals surface area contributed by atoms with E-state index >= 15 is 0 Å². The van der Waals surface area contributed by atoms with Gasteiger partial charge in [-0.2, -0.15) is 0 Å². The molecule has 0 bridgehead atoms. The number of carbonyl (C=O) groups excluding carboxylic acids is 2. The molecule has 0 spiro atoms. The van der Waals surface area contributed by atoms with Crippen LogP contribution >= 0.6 is 0 Å². The van der Waals surface area contributed by atoms with Crippen molar-refractivity contribution in [1.29, 1.82) is 0 Å². The second kappa shape index (κ2) is 13.0. The highest BCUT2D eigenvalue weighted by Gasteiger charge is 2.30. The maximum Gasteiger partial charge on any atom is 0.244 e. The van der Waals surface area contributed by atoms with Crippen molar-refractivity contribution in [2.45, 2.75) is 26.4 Å². The first-order valence-electron chi connectivity index (χ1n) is 12.1. The van der Waals surface area contributed by atoms with Crippen LogP contribution in [0.5, 0.6) is 17.2 Å². The van der Waals surface area contributed by atoms with E-state index in [1.165, 1.54) is 4.90 Å². The molecule has 0 saturated heterocycles. The molecule has 202 valence electrons. The van der Waals surface area contributed by atoms with Gasteiger partial charge in [-0.1, -0.05) is 30.3 Å². The van der Waals surface area contributed by atoms with E-state index in [-0.39, 0.29) is 12.5 Å². The van der Waals surface area contributed by atoms with Gasteiger partial charge < -0.3 is 19.7 Å². The summed E-state index contributed by atoms with van der Waals surface area (Å²) < 4.78 is 37.6. The summed E-state index contributed by atoms with van der Waals surface area (Å²) in [4.78, 5) is 27.6. The summed E-state index contributed by atoms with van der Waals surface area (Å²) in [5.41, 5.74) is 1.04. The monoisotopic (exact) mass is 539 g/mol. The number of methoxy groups -OCH3 is 1. The molecule has 10 heteroatoms. The Morgan fingerprint density at radius 1 is 0.921 bits per heavy atom. The molecule has 0 aliphatic rings. The summed E-state index contributed by atoms with van der Waals surface area (Å²) in [6.45, 7) is 3.41. The van der Waals surface area contributed by atoms with Crippen LogP contribution in [0.2, 0.25) is 0 Å². The third-order valence-corrected chi connectivity index (χ3v) is 6.93. The average Bonchev–Trinajstić information content (AvgIpc) is 2.90. The highest BCUT2D eigenvalue weighted by atomic mass is 32.2. The van der Waals surface area contributed by atoms with E-state index in [1.807, 2.05) is 36.4 Å². The number of nitrogens with one attached hydrogen (secondary N) is 1. The molecule has 0 heterocycles. The lowest BCUT2D eigenvalue weighted by molar-refractivity contribution is -0.139. The van der Waals surface area contributed by atoms with Crippen LogP contribution in [0, 0.1) is 0 Å². The van der Waals surface area contributed by atoms with Crippen molar-refractivity contribution in [2.24, 2.45) is 0 Å². The molecule has 0 aromatic heterocycles. The molecule has 2 amide bonds. The Morgan fingerprint density at radius 2 is 1.55 bits per heavy atom. The van der Waals surface area contributed by atoms with Crippen molar-refractivity contribution in [3.8, 4) is 17.2 Å². The first-order chi connectivity index (χ1) is 18.1. The molecule has 0 aliphatic carbocycles. The summed E-state index contributed by atoms with van der Waals surface area (Å²) in [6, 6.07) is 21.9. The van der Waals surface area contributed by atoms with Gasteiger partial charge in [0.2, 0.25) is 21.8 Å². The fraction of sp³-hybridized carbons (Fsp3) is 0.286. The van der Waals surface area contributed by atoms with Gasteiger partial charge in [0.1, 0.15) is 29.8 Å². The highest BCUT2D eigenvalue weighted by Crippen LogP contribution is 2.26. The topological polar surface area (TPSA) is 105 Å². The van der Waals surface area contributed by atoms with Gasteiger partial charge in [0.05, 0.1) is 19.1 Å². The second-order valence-corrected chi connectivity index (χ2v) is 10.5. The van der Waals surface area contributed by atoms with E-state index in [0.29, 0.717) is 29.5 Å². The number of likely N-dealkylation sites (N-methyl/N-ethyl adjacent to an activating group) is 1. The van der Waals surface area contributed by atoms with Crippen LogP contribution < -0.4 is 19.1 Å². The van der Waals surface area contributed by atoms with E-state index in [4.69, 9.17) is 9.47 Å². The fourth-order valence-corrected chi connectivity index (χ4v) is 4.64. The number of amides is 2. The Bertz CT molecular complexity index is 1330. The van der Waals surface area contributed by atoms with E-state index < -0.39 is 28.5 Å². The standard InChI is InChI=1S/C28H33N3O6S/c1-5-29-28(33)21(2)30(19-22-10-9-13-26(18-22)36-3)27(32)20-31(38(4,34)35)23-14-16-25(17-15-23)37-24-11-7-6-8-12-24/h6-18,21H,5,19-20H2,1-4H3,(H,29,33)/t21-/m1/s1. The van der Waals surface area contributed by atoms with Crippen LogP contribution in [-0.4, -0.2) is 57.6 Å². The van der Waals surface area contributed by atoms with Gasteiger partial charge in [0.15, 0.2) is 0 Å². The Balaban J connectivity index is 1.86. The number of benzene rings is 3. The first kappa shape index (κ1) is 28.5. The van der Waals surface area contributed by atoms with Crippen molar-refractivity contribution < 1.29 is 27.5 Å². The number of ether oxygens (including phenoxy) is 2. The summed E-state index contributed by atoms with van der Waals surface area (Å²) in [6.07, 6.45) is 1.04. The summed E-state index contributed by atoms with van der Waals surface area (Å²) in [5, 5.41) is 2.73. The van der Waals surface area contributed by atoms with E-state index in [2.05, 4.69) is 5.32 Å². The van der Waals surface area contributed by atoms with Gasteiger partial charge in [-0.25, -0.2) is 8.42 Å². The fourth-order valence-electron chi connectivity index (χ4n) is 3.79. The molecule has 0 fully saturated rings. The zero-order chi connectivity index (χ0) is 27.7. The zero-order valence-corrected chi connectivity index (χ0v) is 22.8. The third kappa shape index (κ3) is 7.72. The Kier molecular flexibility index (Phi) is 9.72. The van der Waals surface area contributed by atoms with Gasteiger partial charge >= 0.3 is 0 Å². The van der Waals surface area contributed by atoms with Crippen molar-refractivity contribution in [1.82, 2.24) is 10.2 Å². The maximum atomic E-state index is 13.6. The van der Waals surface area contributed by atoms with E-state index in [1.54, 1.807) is 63.4 Å². The maximum absolute atomic E-state index is 13.6. The van der Waals surface area contributed by atoms with Crippen LogP contribution in [-0.2, 0) is 26.2 Å². The summed E-state index contributed by atoms with van der Waals surface area (Å²) >= 11 is 0. The minimum absolute atomic E-state index is 0.0930. The molecule has 0 radical (unpaired) electrons. The molecule has 1 N–H and O–H groups in total. The van der Waals surface area contributed by atoms with Crippen LogP contribution in [0.4, 0.5) is 5.69 Å². The van der Waals surface area contributed by atoms with Gasteiger partial charge in [0, 0.05) is 13.1 Å². The first-order valence-corrected chi connectivity index (χ1v) is 14.0. The number of rotatable bonds is 12. The zero-order valence-electron chi connectivity index (χ0n) is 22.0. The molecular weight excluding hydrogens is 506 g/mol. The SMILES string of the molecule is CCNC(=O)[C@@H](C)N(Cc1cccc(OC)c1)C(=O)CN(c1ccc(Oc2ccccc2)cc1)S(C)(=O)=O. The number of nitrogens with zero attached hydrogens (tertiary/aromatic N) is 2. The van der Waals surface area contributed by atoms with Crippen LogP contribution in [0.3, 0.4) is 0 Å². The van der Waals surface area contributed by atoms with Crippen molar-refractivity contribution in [3.05, 3.63) is 84.4 Å². The number of anilines is 1. The number of hydrogen-bond donors (Lipinski definition) is 1. The Labute approximate surface area is 224 Å². The van der Waals surface area contributed by atoms with E-state index in [9.17, 15) is 18.0 Å². The molecule has 1 atom stereocenters. The highest BCUT2D eigenvalue weighted by molar-refractivity contribution is 7.92. The lowest BCUT2D eigenvalue weighted by atomic mass is 10.1. The van der Waals surface area contributed by atoms with Gasteiger partial charge in [-0.15, -0.1) is 0 Å². The van der Waals surface area contributed by atoms with Crippen LogP contribution in [0.15, 0.2) is 78.9 Å². The number of sulfonamides is 1. The molecule has 3 rings (SSSR count). The lowest BCUT2D eigenvalue weighted by Gasteiger charge is -2.31. The quantitative estimate of drug-likeness (QED) is 0.375. The minimum atomic E-state index is -3.83. The molecule has 0 aliphatic heterocycles. The molecule has 0 saturated carbocycles. The lowest BCUT2D eigenvalue weighted by Crippen LogP contribution is -2.51. The molecule has 38 heavy (non-hydrogen) atoms. The Morgan fingerprint density at radius 3 is 2.16 bits per heavy atom. The number of carbonyl (C=O) groups is 2. The van der Waals surface area contributed by atoms with Gasteiger partial charge in [-0.05, 0) is 67.9 Å². The van der Waals surface area contributed by atoms with Gasteiger partial charge in [-0.3, -0.25) is 13.9 Å². The molecule has 0 unspecified atom stereocenters. The van der Waals surface area contributed by atoms with Crippen molar-refractivity contribution in [2.75, 3.05) is 30.8 Å². The van der Waals surface area contributed by atoms with Crippen molar-refractivity contribution in [3.63, 3.8) is 0 Å². The van der Waals surface area contributed by atoms with Crippen molar-refractivity contribution >= 4 is 27.5 Å². The predicted octanol–water partition coefficient (Wildman–Crippen LogP) is 3.81. The molecule has 3 aromatic carbocycles. The van der Waals surface area contributed by atoms with Gasteiger partial charge in [0.25, 0.3) is 0 Å².